The van der Waals surface area contributed by atoms with Crippen LogP contribution >= 0.6 is 11.6 Å². The summed E-state index contributed by atoms with van der Waals surface area (Å²) in [7, 11) is 0. The third kappa shape index (κ3) is 1.67. The van der Waals surface area contributed by atoms with Crippen molar-refractivity contribution in [1.29, 1.82) is 0 Å². The number of hydrogen-bond donors (Lipinski definition) is 0. The summed E-state index contributed by atoms with van der Waals surface area (Å²) in [5.41, 5.74) is 0.424. The minimum Gasteiger partial charge on any atom is -0.266 e. The fraction of sp³-hybridized carbons (Fsp3) is 0. The van der Waals surface area contributed by atoms with Gasteiger partial charge in [-0.05, 0) is 12.1 Å². The molecule has 0 aliphatic carbocycles. The maximum absolute atomic E-state index is 11.4. The fourth-order valence-electron chi connectivity index (χ4n) is 1.16. The van der Waals surface area contributed by atoms with Gasteiger partial charge in [-0.25, -0.2) is 4.79 Å². The van der Waals surface area contributed by atoms with E-state index in [4.69, 9.17) is 11.6 Å². The van der Waals surface area contributed by atoms with Crippen LogP contribution < -0.4 is 5.69 Å². The van der Waals surface area contributed by atoms with Crippen molar-refractivity contribution in [2.45, 2.75) is 0 Å². The Labute approximate surface area is 85.6 Å². The monoisotopic (exact) mass is 206 g/mol. The molecule has 0 N–H and O–H groups in total. The number of hydrogen-bond acceptors (Lipinski definition) is 2. The number of benzene rings is 1. The van der Waals surface area contributed by atoms with Crippen molar-refractivity contribution in [3.63, 3.8) is 0 Å². The van der Waals surface area contributed by atoms with E-state index in [-0.39, 0.29) is 5.69 Å². The molecule has 14 heavy (non-hydrogen) atoms. The van der Waals surface area contributed by atoms with Gasteiger partial charge in [-0.1, -0.05) is 29.8 Å². The van der Waals surface area contributed by atoms with Crippen LogP contribution in [0.1, 0.15) is 0 Å². The Hall–Kier alpha value is -1.61. The molecule has 0 bridgehead atoms. The van der Waals surface area contributed by atoms with Crippen LogP contribution in [-0.2, 0) is 0 Å². The molecule has 2 rings (SSSR count). The van der Waals surface area contributed by atoms with E-state index in [1.165, 1.54) is 10.8 Å². The molecule has 0 atom stereocenters. The minimum absolute atomic E-state index is 0.333. The summed E-state index contributed by atoms with van der Waals surface area (Å²) < 4.78 is 1.41. The van der Waals surface area contributed by atoms with Crippen molar-refractivity contribution < 1.29 is 0 Å². The van der Waals surface area contributed by atoms with Crippen LogP contribution in [0.2, 0.25) is 5.02 Å². The Morgan fingerprint density at radius 2 is 1.93 bits per heavy atom. The van der Waals surface area contributed by atoms with Crippen molar-refractivity contribution in [2.75, 3.05) is 0 Å². The molecule has 3 nitrogen and oxygen atoms in total. The quantitative estimate of drug-likeness (QED) is 0.714. The average molecular weight is 207 g/mol. The second-order valence-electron chi connectivity index (χ2n) is 2.76. The molecule has 0 saturated heterocycles. The zero-order chi connectivity index (χ0) is 9.97. The smallest absolute Gasteiger partial charge is 0.266 e. The third-order valence-corrected chi connectivity index (χ3v) is 1.99. The molecule has 70 valence electrons. The standard InChI is InChI=1S/C10H7ClN2O/c11-8-6-12-10(14)13(7-8)9-4-2-1-3-5-9/h1-7H. The molecule has 1 aromatic carbocycles. The molecule has 2 aromatic rings. The number of aromatic nitrogens is 2. The second-order valence-corrected chi connectivity index (χ2v) is 3.20. The first kappa shape index (κ1) is 8.97. The molecule has 0 spiro atoms. The SMILES string of the molecule is O=c1ncc(Cl)cn1-c1ccccc1. The third-order valence-electron chi connectivity index (χ3n) is 1.79. The van der Waals surface area contributed by atoms with E-state index in [0.29, 0.717) is 5.02 Å². The van der Waals surface area contributed by atoms with Gasteiger partial charge in [0, 0.05) is 6.20 Å². The number of halogens is 1. The van der Waals surface area contributed by atoms with Gasteiger partial charge in [0.2, 0.25) is 0 Å². The highest BCUT2D eigenvalue weighted by molar-refractivity contribution is 6.30. The lowest BCUT2D eigenvalue weighted by Crippen LogP contribution is -2.19. The molecule has 0 saturated carbocycles. The van der Waals surface area contributed by atoms with E-state index < -0.39 is 0 Å². The van der Waals surface area contributed by atoms with Gasteiger partial charge in [0.05, 0.1) is 16.9 Å². The molecule has 1 heterocycles. The lowest BCUT2D eigenvalue weighted by molar-refractivity contribution is 0.914. The lowest BCUT2D eigenvalue weighted by atomic mass is 10.3. The van der Waals surface area contributed by atoms with Crippen LogP contribution in [0.5, 0.6) is 0 Å². The van der Waals surface area contributed by atoms with Gasteiger partial charge in [0.15, 0.2) is 0 Å². The van der Waals surface area contributed by atoms with Crippen molar-refractivity contribution in [3.05, 3.63) is 58.2 Å². The first-order valence-electron chi connectivity index (χ1n) is 4.07. The summed E-state index contributed by atoms with van der Waals surface area (Å²) in [6, 6.07) is 9.22. The predicted octanol–water partition coefficient (Wildman–Crippen LogP) is 1.89. The van der Waals surface area contributed by atoms with Crippen molar-refractivity contribution in [2.24, 2.45) is 0 Å². The second kappa shape index (κ2) is 3.64. The van der Waals surface area contributed by atoms with E-state index in [0.717, 1.165) is 5.69 Å². The molecule has 0 aliphatic rings. The zero-order valence-electron chi connectivity index (χ0n) is 7.22. The van der Waals surface area contributed by atoms with E-state index in [9.17, 15) is 4.79 Å². The maximum atomic E-state index is 11.4. The van der Waals surface area contributed by atoms with Crippen LogP contribution in [-0.4, -0.2) is 9.55 Å². The first-order chi connectivity index (χ1) is 6.77. The Morgan fingerprint density at radius 1 is 1.21 bits per heavy atom. The first-order valence-corrected chi connectivity index (χ1v) is 4.45. The topological polar surface area (TPSA) is 34.9 Å². The molecule has 0 amide bonds. The van der Waals surface area contributed by atoms with Crippen LogP contribution in [0.4, 0.5) is 0 Å². The van der Waals surface area contributed by atoms with E-state index in [2.05, 4.69) is 4.98 Å². The van der Waals surface area contributed by atoms with Gasteiger partial charge in [0.1, 0.15) is 0 Å². The number of nitrogens with zero attached hydrogens (tertiary/aromatic N) is 2. The largest absolute Gasteiger partial charge is 0.352 e. The molecule has 0 fully saturated rings. The highest BCUT2D eigenvalue weighted by Gasteiger charge is 1.99. The molecular formula is C10H7ClN2O. The van der Waals surface area contributed by atoms with Crippen LogP contribution in [0.3, 0.4) is 0 Å². The Balaban J connectivity index is 2.63. The number of para-hydroxylation sites is 1. The summed E-state index contributed by atoms with van der Waals surface area (Å²) in [5.74, 6) is 0. The summed E-state index contributed by atoms with van der Waals surface area (Å²) in [6.45, 7) is 0. The molecule has 0 radical (unpaired) electrons. The highest BCUT2D eigenvalue weighted by Crippen LogP contribution is 2.07. The fourth-order valence-corrected chi connectivity index (χ4v) is 1.31. The van der Waals surface area contributed by atoms with Gasteiger partial charge in [-0.15, -0.1) is 0 Å². The Morgan fingerprint density at radius 3 is 2.64 bits per heavy atom. The molecule has 0 aliphatic heterocycles. The number of rotatable bonds is 1. The van der Waals surface area contributed by atoms with Crippen molar-refractivity contribution in [1.82, 2.24) is 9.55 Å². The summed E-state index contributed by atoms with van der Waals surface area (Å²) in [6.07, 6.45) is 2.88. The lowest BCUT2D eigenvalue weighted by Gasteiger charge is -2.03. The predicted molar refractivity (Wildman–Crippen MR) is 54.8 cm³/mol. The van der Waals surface area contributed by atoms with Crippen molar-refractivity contribution in [3.8, 4) is 5.69 Å². The normalized spacial score (nSPS) is 10.1. The van der Waals surface area contributed by atoms with Crippen LogP contribution in [0.15, 0.2) is 47.5 Å². The van der Waals surface area contributed by atoms with Gasteiger partial charge < -0.3 is 0 Å². The Kier molecular flexibility index (Phi) is 2.33. The van der Waals surface area contributed by atoms with Gasteiger partial charge in [0.25, 0.3) is 0 Å². The molecule has 0 unspecified atom stereocenters. The highest BCUT2D eigenvalue weighted by atomic mass is 35.5. The van der Waals surface area contributed by atoms with Gasteiger partial charge in [-0.3, -0.25) is 4.57 Å². The summed E-state index contributed by atoms with van der Waals surface area (Å²) >= 11 is 5.74. The van der Waals surface area contributed by atoms with E-state index >= 15 is 0 Å². The van der Waals surface area contributed by atoms with Gasteiger partial charge in [-0.2, -0.15) is 4.98 Å². The summed E-state index contributed by atoms with van der Waals surface area (Å²) in [4.78, 5) is 15.0. The zero-order valence-corrected chi connectivity index (χ0v) is 7.98. The van der Waals surface area contributed by atoms with E-state index in [1.807, 2.05) is 30.3 Å². The van der Waals surface area contributed by atoms with Gasteiger partial charge >= 0.3 is 5.69 Å². The van der Waals surface area contributed by atoms with Crippen LogP contribution in [0, 0.1) is 0 Å². The average Bonchev–Trinajstić information content (AvgIpc) is 2.23. The van der Waals surface area contributed by atoms with Crippen LogP contribution in [0.25, 0.3) is 5.69 Å². The van der Waals surface area contributed by atoms with Crippen molar-refractivity contribution >= 4 is 11.6 Å². The molecule has 4 heteroatoms. The molecule has 1 aromatic heterocycles. The minimum atomic E-state index is -0.333. The Bertz CT molecular complexity index is 493. The maximum Gasteiger partial charge on any atom is 0.352 e. The van der Waals surface area contributed by atoms with E-state index in [1.54, 1.807) is 6.20 Å². The molecular weight excluding hydrogens is 200 g/mol. The summed E-state index contributed by atoms with van der Waals surface area (Å²) in [5, 5.41) is 0.438.